The molecule has 140 valence electrons. The molecule has 0 saturated carbocycles. The predicted molar refractivity (Wildman–Crippen MR) is 106 cm³/mol. The fourth-order valence-electron chi connectivity index (χ4n) is 3.21. The van der Waals surface area contributed by atoms with Crippen molar-refractivity contribution in [1.29, 1.82) is 0 Å². The van der Waals surface area contributed by atoms with Gasteiger partial charge in [0.2, 0.25) is 0 Å². The molecule has 1 heterocycles. The highest BCUT2D eigenvalue weighted by Crippen LogP contribution is 2.27. The number of carbonyl (C=O) groups excluding carboxylic acids is 1. The fraction of sp³-hybridized carbons (Fsp3) is 0.273. The summed E-state index contributed by atoms with van der Waals surface area (Å²) in [6.45, 7) is 4.71. The highest BCUT2D eigenvalue weighted by Gasteiger charge is 2.14. The first-order chi connectivity index (χ1) is 13.1. The summed E-state index contributed by atoms with van der Waals surface area (Å²) in [6, 6.07) is 20.6. The molecule has 3 rings (SSSR count). The Balaban J connectivity index is 1.55. The van der Waals surface area contributed by atoms with E-state index in [0.29, 0.717) is 13.1 Å². The second-order valence-corrected chi connectivity index (χ2v) is 6.57. The second kappa shape index (κ2) is 9.03. The van der Waals surface area contributed by atoms with Crippen LogP contribution in [0.3, 0.4) is 0 Å². The molecule has 0 saturated heterocycles. The van der Waals surface area contributed by atoms with Crippen LogP contribution in [0.15, 0.2) is 65.2 Å². The van der Waals surface area contributed by atoms with Gasteiger partial charge in [0.1, 0.15) is 5.76 Å². The Morgan fingerprint density at radius 3 is 2.07 bits per heavy atom. The lowest BCUT2D eigenvalue weighted by Gasteiger charge is -2.18. The molecule has 0 aliphatic heterocycles. The van der Waals surface area contributed by atoms with E-state index in [1.807, 2.05) is 26.0 Å². The molecule has 2 amide bonds. The summed E-state index contributed by atoms with van der Waals surface area (Å²) >= 11 is 0. The van der Waals surface area contributed by atoms with Crippen molar-refractivity contribution >= 4 is 6.03 Å². The van der Waals surface area contributed by atoms with Crippen LogP contribution >= 0.6 is 0 Å². The van der Waals surface area contributed by atoms with Gasteiger partial charge in [0.05, 0.1) is 5.69 Å². The van der Waals surface area contributed by atoms with E-state index in [4.69, 9.17) is 4.52 Å². The van der Waals surface area contributed by atoms with E-state index in [2.05, 4.69) is 64.3 Å². The zero-order valence-corrected chi connectivity index (χ0v) is 15.7. The monoisotopic (exact) mass is 363 g/mol. The Labute approximate surface area is 159 Å². The van der Waals surface area contributed by atoms with Crippen molar-refractivity contribution < 1.29 is 9.32 Å². The molecule has 2 aromatic carbocycles. The minimum absolute atomic E-state index is 0.185. The summed E-state index contributed by atoms with van der Waals surface area (Å²) in [7, 11) is 0. The number of urea groups is 1. The lowest BCUT2D eigenvalue weighted by atomic mass is 9.88. The number of benzene rings is 2. The summed E-state index contributed by atoms with van der Waals surface area (Å²) in [4.78, 5) is 12.1. The quantitative estimate of drug-likeness (QED) is 0.657. The predicted octanol–water partition coefficient (Wildman–Crippen LogP) is 4.31. The van der Waals surface area contributed by atoms with E-state index in [0.717, 1.165) is 23.4 Å². The molecule has 2 N–H and O–H groups in total. The minimum Gasteiger partial charge on any atom is -0.361 e. The molecule has 0 atom stereocenters. The van der Waals surface area contributed by atoms with Gasteiger partial charge in [-0.25, -0.2) is 4.79 Å². The number of hydrogen-bond donors (Lipinski definition) is 2. The maximum absolute atomic E-state index is 12.1. The molecule has 0 fully saturated rings. The van der Waals surface area contributed by atoms with Crippen molar-refractivity contribution in [3.63, 3.8) is 0 Å². The van der Waals surface area contributed by atoms with Crippen LogP contribution in [0, 0.1) is 13.8 Å². The van der Waals surface area contributed by atoms with Gasteiger partial charge in [-0.05, 0) is 31.4 Å². The first-order valence-corrected chi connectivity index (χ1v) is 9.18. The Bertz CT molecular complexity index is 801. The van der Waals surface area contributed by atoms with E-state index >= 15 is 0 Å². The van der Waals surface area contributed by atoms with E-state index in [1.54, 1.807) is 0 Å². The van der Waals surface area contributed by atoms with Gasteiger partial charge in [-0.15, -0.1) is 0 Å². The van der Waals surface area contributed by atoms with Crippen LogP contribution in [-0.2, 0) is 6.54 Å². The summed E-state index contributed by atoms with van der Waals surface area (Å²) in [5, 5.41) is 9.72. The highest BCUT2D eigenvalue weighted by molar-refractivity contribution is 5.73. The zero-order chi connectivity index (χ0) is 19.1. The third kappa shape index (κ3) is 4.97. The largest absolute Gasteiger partial charge is 0.361 e. The van der Waals surface area contributed by atoms with Gasteiger partial charge in [-0.3, -0.25) is 0 Å². The van der Waals surface area contributed by atoms with Crippen LogP contribution in [0.5, 0.6) is 0 Å². The van der Waals surface area contributed by atoms with Crippen molar-refractivity contribution in [3.05, 3.63) is 88.8 Å². The summed E-state index contributed by atoms with van der Waals surface area (Å²) in [5.41, 5.74) is 4.24. The summed E-state index contributed by atoms with van der Waals surface area (Å²) in [6.07, 6.45) is 0.826. The lowest BCUT2D eigenvalue weighted by molar-refractivity contribution is 0.240. The molecule has 5 heteroatoms. The van der Waals surface area contributed by atoms with E-state index in [-0.39, 0.29) is 11.9 Å². The van der Waals surface area contributed by atoms with Crippen LogP contribution in [0.25, 0.3) is 0 Å². The van der Waals surface area contributed by atoms with Crippen molar-refractivity contribution in [2.24, 2.45) is 0 Å². The average molecular weight is 363 g/mol. The Morgan fingerprint density at radius 2 is 1.56 bits per heavy atom. The SMILES string of the molecule is Cc1noc(C)c1CNC(=O)NCCC(c1ccccc1)c1ccccc1. The van der Waals surface area contributed by atoms with Crippen molar-refractivity contribution in [1.82, 2.24) is 15.8 Å². The van der Waals surface area contributed by atoms with Crippen LogP contribution in [0.4, 0.5) is 4.79 Å². The molecule has 0 spiro atoms. The number of rotatable bonds is 7. The Morgan fingerprint density at radius 1 is 0.963 bits per heavy atom. The molecule has 0 unspecified atom stereocenters. The molecule has 0 radical (unpaired) electrons. The molecule has 3 aromatic rings. The first kappa shape index (κ1) is 18.7. The van der Waals surface area contributed by atoms with Gasteiger partial charge in [0.15, 0.2) is 0 Å². The zero-order valence-electron chi connectivity index (χ0n) is 15.7. The van der Waals surface area contributed by atoms with Gasteiger partial charge < -0.3 is 15.2 Å². The van der Waals surface area contributed by atoms with Crippen LogP contribution in [-0.4, -0.2) is 17.7 Å². The summed E-state index contributed by atoms with van der Waals surface area (Å²) in [5.74, 6) is 0.983. The third-order valence-corrected chi connectivity index (χ3v) is 4.73. The molecule has 1 aromatic heterocycles. The number of amides is 2. The molecular formula is C22H25N3O2. The van der Waals surface area contributed by atoms with Gasteiger partial charge in [0.25, 0.3) is 0 Å². The highest BCUT2D eigenvalue weighted by atomic mass is 16.5. The van der Waals surface area contributed by atoms with Crippen LogP contribution in [0.1, 0.15) is 40.5 Å². The van der Waals surface area contributed by atoms with Crippen molar-refractivity contribution in [2.75, 3.05) is 6.54 Å². The standard InChI is InChI=1S/C22H25N3O2/c1-16-21(17(2)27-25-16)15-24-22(26)23-14-13-20(18-9-5-3-6-10-18)19-11-7-4-8-12-19/h3-12,20H,13-15H2,1-2H3,(H2,23,24,26). The van der Waals surface area contributed by atoms with E-state index < -0.39 is 0 Å². The van der Waals surface area contributed by atoms with Gasteiger partial charge in [-0.2, -0.15) is 0 Å². The van der Waals surface area contributed by atoms with Gasteiger partial charge >= 0.3 is 6.03 Å². The Hall–Kier alpha value is -3.08. The van der Waals surface area contributed by atoms with E-state index in [9.17, 15) is 4.79 Å². The van der Waals surface area contributed by atoms with Crippen molar-refractivity contribution in [3.8, 4) is 0 Å². The molecule has 27 heavy (non-hydrogen) atoms. The smallest absolute Gasteiger partial charge is 0.315 e. The minimum atomic E-state index is -0.185. The molecule has 0 aliphatic carbocycles. The molecular weight excluding hydrogens is 338 g/mol. The third-order valence-electron chi connectivity index (χ3n) is 4.73. The van der Waals surface area contributed by atoms with Gasteiger partial charge in [-0.1, -0.05) is 65.8 Å². The second-order valence-electron chi connectivity index (χ2n) is 6.57. The lowest BCUT2D eigenvalue weighted by Crippen LogP contribution is -2.36. The number of aromatic nitrogens is 1. The first-order valence-electron chi connectivity index (χ1n) is 9.18. The molecule has 5 nitrogen and oxygen atoms in total. The van der Waals surface area contributed by atoms with Crippen molar-refractivity contribution in [2.45, 2.75) is 32.7 Å². The maximum Gasteiger partial charge on any atom is 0.315 e. The average Bonchev–Trinajstić information content (AvgIpc) is 3.02. The normalized spacial score (nSPS) is 10.8. The fourth-order valence-corrected chi connectivity index (χ4v) is 3.21. The molecule has 0 aliphatic rings. The number of carbonyl (C=O) groups is 1. The summed E-state index contributed by atoms with van der Waals surface area (Å²) < 4.78 is 5.12. The Kier molecular flexibility index (Phi) is 6.26. The number of aryl methyl sites for hydroxylation is 2. The molecule has 0 bridgehead atoms. The maximum atomic E-state index is 12.1. The van der Waals surface area contributed by atoms with Crippen LogP contribution < -0.4 is 10.6 Å². The van der Waals surface area contributed by atoms with Crippen LogP contribution in [0.2, 0.25) is 0 Å². The topological polar surface area (TPSA) is 67.2 Å². The number of nitrogens with one attached hydrogen (secondary N) is 2. The van der Waals surface area contributed by atoms with Gasteiger partial charge in [0, 0.05) is 24.6 Å². The number of nitrogens with zero attached hydrogens (tertiary/aromatic N) is 1. The van der Waals surface area contributed by atoms with E-state index in [1.165, 1.54) is 11.1 Å². The number of hydrogen-bond acceptors (Lipinski definition) is 3.